The number of hydrogen-bond acceptors (Lipinski definition) is 4. The fraction of sp³-hybridized carbons (Fsp3) is 0.174. The van der Waals surface area contributed by atoms with E-state index in [0.29, 0.717) is 18.0 Å². The van der Waals surface area contributed by atoms with Crippen molar-refractivity contribution in [3.05, 3.63) is 65.9 Å². The van der Waals surface area contributed by atoms with Gasteiger partial charge in [-0.25, -0.2) is 0 Å². The molecule has 1 fully saturated rings. The molecule has 7 heteroatoms. The second-order valence-electron chi connectivity index (χ2n) is 6.77. The average Bonchev–Trinajstić information content (AvgIpc) is 3.10. The van der Waals surface area contributed by atoms with Crippen molar-refractivity contribution in [3.8, 4) is 5.75 Å². The van der Waals surface area contributed by atoms with E-state index in [1.165, 1.54) is 4.90 Å². The number of anilines is 1. The van der Waals surface area contributed by atoms with Crippen LogP contribution in [0.15, 0.2) is 60.3 Å². The van der Waals surface area contributed by atoms with Gasteiger partial charge in [0.2, 0.25) is 0 Å². The fourth-order valence-electron chi connectivity index (χ4n) is 3.56. The van der Waals surface area contributed by atoms with Gasteiger partial charge < -0.3 is 9.30 Å². The molecule has 1 aliphatic rings. The number of thiocarbonyl (C=S) groups is 1. The molecular formula is C23H21N3O3S. The largest absolute Gasteiger partial charge is 0.494 e. The molecule has 3 aromatic rings. The summed E-state index contributed by atoms with van der Waals surface area (Å²) in [4.78, 5) is 27.2. The summed E-state index contributed by atoms with van der Waals surface area (Å²) < 4.78 is 7.54. The molecule has 4 rings (SSSR count). The molecule has 6 nitrogen and oxygen atoms in total. The quantitative estimate of drug-likeness (QED) is 0.387. The van der Waals surface area contributed by atoms with Gasteiger partial charge in [-0.2, -0.15) is 0 Å². The number of carbonyl (C=O) groups is 2. The summed E-state index contributed by atoms with van der Waals surface area (Å²) in [6.45, 7) is 5.29. The van der Waals surface area contributed by atoms with Crippen LogP contribution in [-0.2, 0) is 16.1 Å². The number of nitrogens with one attached hydrogen (secondary N) is 1. The summed E-state index contributed by atoms with van der Waals surface area (Å²) in [5.74, 6) is -0.259. The van der Waals surface area contributed by atoms with Crippen LogP contribution in [-0.4, -0.2) is 28.1 Å². The zero-order chi connectivity index (χ0) is 21.3. The first-order chi connectivity index (χ1) is 14.5. The number of nitrogens with zero attached hydrogens (tertiary/aromatic N) is 2. The first-order valence-electron chi connectivity index (χ1n) is 9.75. The Kier molecular flexibility index (Phi) is 5.37. The average molecular weight is 420 g/mol. The van der Waals surface area contributed by atoms with E-state index < -0.39 is 11.8 Å². The molecule has 2 amide bonds. The fourth-order valence-corrected chi connectivity index (χ4v) is 3.84. The number of ether oxygens (including phenoxy) is 1. The van der Waals surface area contributed by atoms with Crippen molar-refractivity contribution in [1.82, 2.24) is 9.88 Å². The molecule has 1 N–H and O–H groups in total. The molecule has 1 saturated heterocycles. The summed E-state index contributed by atoms with van der Waals surface area (Å²) in [5.41, 5.74) is 2.46. The Morgan fingerprint density at radius 1 is 1.07 bits per heavy atom. The van der Waals surface area contributed by atoms with Crippen molar-refractivity contribution in [2.75, 3.05) is 11.5 Å². The number of hydrogen-bond donors (Lipinski definition) is 1. The lowest BCUT2D eigenvalue weighted by Crippen LogP contribution is -2.54. The van der Waals surface area contributed by atoms with E-state index >= 15 is 0 Å². The van der Waals surface area contributed by atoms with Crippen LogP contribution in [0.5, 0.6) is 5.75 Å². The summed E-state index contributed by atoms with van der Waals surface area (Å²) in [6.07, 6.45) is 3.59. The molecule has 1 aliphatic heterocycles. The summed E-state index contributed by atoms with van der Waals surface area (Å²) >= 11 is 5.28. The van der Waals surface area contributed by atoms with E-state index in [4.69, 9.17) is 17.0 Å². The molecule has 1 aromatic heterocycles. The van der Waals surface area contributed by atoms with Crippen molar-refractivity contribution in [1.29, 1.82) is 0 Å². The van der Waals surface area contributed by atoms with Crippen LogP contribution in [0.2, 0.25) is 0 Å². The molecule has 0 unspecified atom stereocenters. The molecule has 0 saturated carbocycles. The van der Waals surface area contributed by atoms with Gasteiger partial charge >= 0.3 is 0 Å². The van der Waals surface area contributed by atoms with Gasteiger partial charge in [0.25, 0.3) is 11.8 Å². The zero-order valence-electron chi connectivity index (χ0n) is 16.7. The normalized spacial score (nSPS) is 15.7. The van der Waals surface area contributed by atoms with Crippen molar-refractivity contribution in [2.24, 2.45) is 0 Å². The van der Waals surface area contributed by atoms with Crippen LogP contribution >= 0.6 is 12.2 Å². The monoisotopic (exact) mass is 419 g/mol. The Morgan fingerprint density at radius 2 is 1.80 bits per heavy atom. The Bertz CT molecular complexity index is 1180. The molecule has 0 aliphatic carbocycles. The molecule has 152 valence electrons. The Morgan fingerprint density at radius 3 is 2.50 bits per heavy atom. The van der Waals surface area contributed by atoms with E-state index in [1.54, 1.807) is 30.3 Å². The number of para-hydroxylation sites is 1. The van der Waals surface area contributed by atoms with Gasteiger partial charge in [-0.15, -0.1) is 0 Å². The van der Waals surface area contributed by atoms with Gasteiger partial charge in [-0.05, 0) is 62.5 Å². The maximum atomic E-state index is 13.2. The summed E-state index contributed by atoms with van der Waals surface area (Å²) in [5, 5.41) is 3.67. The highest BCUT2D eigenvalue weighted by Crippen LogP contribution is 2.27. The summed E-state index contributed by atoms with van der Waals surface area (Å²) in [7, 11) is 0. The van der Waals surface area contributed by atoms with E-state index in [2.05, 4.69) is 9.88 Å². The maximum absolute atomic E-state index is 13.2. The minimum Gasteiger partial charge on any atom is -0.494 e. The molecule has 0 atom stereocenters. The predicted octanol–water partition coefficient (Wildman–Crippen LogP) is 3.89. The van der Waals surface area contributed by atoms with Crippen molar-refractivity contribution in [3.63, 3.8) is 0 Å². The van der Waals surface area contributed by atoms with E-state index in [1.807, 2.05) is 44.3 Å². The Labute approximate surface area is 179 Å². The summed E-state index contributed by atoms with van der Waals surface area (Å²) in [6, 6.07) is 14.9. The van der Waals surface area contributed by atoms with Gasteiger partial charge in [-0.3, -0.25) is 19.8 Å². The highest BCUT2D eigenvalue weighted by molar-refractivity contribution is 7.80. The number of carbonyl (C=O) groups excluding carboxylic acids is 2. The second kappa shape index (κ2) is 8.12. The molecule has 2 aromatic carbocycles. The van der Waals surface area contributed by atoms with E-state index in [0.717, 1.165) is 23.0 Å². The first kappa shape index (κ1) is 19.8. The SMILES string of the molecule is CCOc1ccc(N2C(=O)C(=Cc3cn(CC)c4ccccc34)C(=O)NC2=S)cc1. The third-order valence-corrected chi connectivity index (χ3v) is 5.25. The van der Waals surface area contributed by atoms with Crippen LogP contribution < -0.4 is 15.0 Å². The lowest BCUT2D eigenvalue weighted by atomic mass is 10.1. The lowest BCUT2D eigenvalue weighted by Gasteiger charge is -2.29. The van der Waals surface area contributed by atoms with Crippen LogP contribution in [0.4, 0.5) is 5.69 Å². The second-order valence-corrected chi connectivity index (χ2v) is 7.16. The number of amides is 2. The van der Waals surface area contributed by atoms with Crippen LogP contribution in [0.3, 0.4) is 0 Å². The molecule has 2 heterocycles. The van der Waals surface area contributed by atoms with Gasteiger partial charge in [0.1, 0.15) is 11.3 Å². The molecule has 0 spiro atoms. The van der Waals surface area contributed by atoms with Crippen molar-refractivity contribution < 1.29 is 14.3 Å². The van der Waals surface area contributed by atoms with Gasteiger partial charge in [0.15, 0.2) is 5.11 Å². The molecular weight excluding hydrogens is 398 g/mol. The van der Waals surface area contributed by atoms with E-state index in [9.17, 15) is 9.59 Å². The number of fused-ring (bicyclic) bond motifs is 1. The van der Waals surface area contributed by atoms with Gasteiger partial charge in [0, 0.05) is 29.2 Å². The third-order valence-electron chi connectivity index (χ3n) is 4.97. The predicted molar refractivity (Wildman–Crippen MR) is 121 cm³/mol. The van der Waals surface area contributed by atoms with E-state index in [-0.39, 0.29) is 10.7 Å². The Hall–Kier alpha value is -3.45. The maximum Gasteiger partial charge on any atom is 0.270 e. The topological polar surface area (TPSA) is 63.6 Å². The minimum atomic E-state index is -0.500. The standard InChI is InChI=1S/C23H21N3O3S/c1-3-25-14-15(18-7-5-6-8-20(18)25)13-19-21(27)24-23(30)26(22(19)28)16-9-11-17(12-10-16)29-4-2/h5-14H,3-4H2,1-2H3,(H,24,27,30). The van der Waals surface area contributed by atoms with Crippen molar-refractivity contribution in [2.45, 2.75) is 20.4 Å². The first-order valence-corrected chi connectivity index (χ1v) is 10.2. The zero-order valence-corrected chi connectivity index (χ0v) is 17.5. The smallest absolute Gasteiger partial charge is 0.270 e. The molecule has 0 bridgehead atoms. The van der Waals surface area contributed by atoms with Gasteiger partial charge in [-0.1, -0.05) is 18.2 Å². The molecule has 30 heavy (non-hydrogen) atoms. The Balaban J connectivity index is 1.74. The lowest BCUT2D eigenvalue weighted by molar-refractivity contribution is -0.122. The van der Waals surface area contributed by atoms with Crippen molar-refractivity contribution >= 4 is 51.8 Å². The van der Waals surface area contributed by atoms with Crippen LogP contribution in [0, 0.1) is 0 Å². The number of aryl methyl sites for hydroxylation is 1. The number of aromatic nitrogens is 1. The van der Waals surface area contributed by atoms with Crippen LogP contribution in [0.1, 0.15) is 19.4 Å². The molecule has 0 radical (unpaired) electrons. The number of benzene rings is 2. The highest BCUT2D eigenvalue weighted by Gasteiger charge is 2.34. The van der Waals surface area contributed by atoms with Gasteiger partial charge in [0.05, 0.1) is 12.3 Å². The number of rotatable bonds is 5. The van der Waals surface area contributed by atoms with Crippen LogP contribution in [0.25, 0.3) is 17.0 Å². The highest BCUT2D eigenvalue weighted by atomic mass is 32.1. The minimum absolute atomic E-state index is 0.0384. The third kappa shape index (κ3) is 3.48.